The maximum atomic E-state index is 12.4. The van der Waals surface area contributed by atoms with E-state index in [2.05, 4.69) is 5.32 Å². The van der Waals surface area contributed by atoms with Crippen molar-refractivity contribution >= 4 is 34.8 Å². The van der Waals surface area contributed by atoms with Crippen molar-refractivity contribution in [1.82, 2.24) is 0 Å². The summed E-state index contributed by atoms with van der Waals surface area (Å²) in [6.45, 7) is 0.340. The van der Waals surface area contributed by atoms with Crippen LogP contribution >= 0.6 is 11.6 Å². The zero-order valence-electron chi connectivity index (χ0n) is 12.5. The Bertz CT molecular complexity index is 759. The van der Waals surface area contributed by atoms with Crippen LogP contribution in [0.3, 0.4) is 0 Å². The van der Waals surface area contributed by atoms with Gasteiger partial charge in [-0.25, -0.2) is 0 Å². The van der Waals surface area contributed by atoms with E-state index in [1.807, 2.05) is 0 Å². The van der Waals surface area contributed by atoms with Crippen molar-refractivity contribution in [2.75, 3.05) is 23.9 Å². The van der Waals surface area contributed by atoms with Crippen LogP contribution in [0, 0.1) is 0 Å². The molecule has 1 aliphatic rings. The van der Waals surface area contributed by atoms with E-state index in [-0.39, 0.29) is 11.8 Å². The Labute approximate surface area is 138 Å². The second-order valence-electron chi connectivity index (χ2n) is 5.19. The average Bonchev–Trinajstić information content (AvgIpc) is 2.69. The van der Waals surface area contributed by atoms with E-state index >= 15 is 0 Å². The molecule has 5 nitrogen and oxygen atoms in total. The number of carbonyl (C=O) groups is 2. The molecule has 6 heteroatoms. The molecule has 0 saturated carbocycles. The van der Waals surface area contributed by atoms with Crippen LogP contribution in [-0.4, -0.2) is 25.5 Å². The minimum atomic E-state index is -0.264. The SMILES string of the molecule is CN1C(=O)CCOc2ccc(C(=O)Nc3ccc(Cl)cc3)cc21. The Hall–Kier alpha value is -2.53. The molecule has 2 aromatic rings. The molecule has 0 unspecified atom stereocenters. The number of fused-ring (bicyclic) bond motifs is 1. The Morgan fingerprint density at radius 1 is 1.22 bits per heavy atom. The van der Waals surface area contributed by atoms with Crippen LogP contribution in [0.25, 0.3) is 0 Å². The summed E-state index contributed by atoms with van der Waals surface area (Å²) in [5.41, 5.74) is 1.69. The van der Waals surface area contributed by atoms with Crippen LogP contribution in [0.15, 0.2) is 42.5 Å². The Morgan fingerprint density at radius 3 is 2.70 bits per heavy atom. The molecule has 0 bridgehead atoms. The molecule has 1 aliphatic heterocycles. The molecule has 23 heavy (non-hydrogen) atoms. The van der Waals surface area contributed by atoms with E-state index < -0.39 is 0 Å². The molecule has 2 aromatic carbocycles. The van der Waals surface area contributed by atoms with Gasteiger partial charge in [0.25, 0.3) is 5.91 Å². The van der Waals surface area contributed by atoms with Gasteiger partial charge in [-0.2, -0.15) is 0 Å². The molecule has 0 fully saturated rings. The minimum absolute atomic E-state index is 0.0426. The number of hydrogen-bond donors (Lipinski definition) is 1. The van der Waals surface area contributed by atoms with E-state index in [9.17, 15) is 9.59 Å². The lowest BCUT2D eigenvalue weighted by Crippen LogP contribution is -2.25. The molecule has 2 amide bonds. The fourth-order valence-corrected chi connectivity index (χ4v) is 2.46. The first-order chi connectivity index (χ1) is 11.0. The van der Waals surface area contributed by atoms with Crippen molar-refractivity contribution in [3.05, 3.63) is 53.1 Å². The van der Waals surface area contributed by atoms with Gasteiger partial charge in [0.2, 0.25) is 5.91 Å². The summed E-state index contributed by atoms with van der Waals surface area (Å²) >= 11 is 5.83. The number of amides is 2. The Morgan fingerprint density at radius 2 is 1.96 bits per heavy atom. The van der Waals surface area contributed by atoms with Gasteiger partial charge in [-0.3, -0.25) is 9.59 Å². The second-order valence-corrected chi connectivity index (χ2v) is 5.63. The van der Waals surface area contributed by atoms with Crippen LogP contribution in [0.5, 0.6) is 5.75 Å². The highest BCUT2D eigenvalue weighted by Crippen LogP contribution is 2.31. The van der Waals surface area contributed by atoms with Crippen molar-refractivity contribution in [3.8, 4) is 5.75 Å². The van der Waals surface area contributed by atoms with E-state index in [0.29, 0.717) is 40.7 Å². The average molecular weight is 331 g/mol. The van der Waals surface area contributed by atoms with E-state index in [0.717, 1.165) is 0 Å². The molecule has 0 spiro atoms. The zero-order chi connectivity index (χ0) is 16.4. The van der Waals surface area contributed by atoms with Crippen LogP contribution < -0.4 is 15.0 Å². The van der Waals surface area contributed by atoms with Crippen LogP contribution in [-0.2, 0) is 4.79 Å². The molecular weight excluding hydrogens is 316 g/mol. The van der Waals surface area contributed by atoms with Crippen molar-refractivity contribution in [2.45, 2.75) is 6.42 Å². The monoisotopic (exact) mass is 330 g/mol. The molecule has 0 radical (unpaired) electrons. The number of benzene rings is 2. The topological polar surface area (TPSA) is 58.6 Å². The molecule has 118 valence electrons. The van der Waals surface area contributed by atoms with Gasteiger partial charge >= 0.3 is 0 Å². The van der Waals surface area contributed by atoms with Crippen molar-refractivity contribution in [2.24, 2.45) is 0 Å². The van der Waals surface area contributed by atoms with Gasteiger partial charge in [-0.05, 0) is 42.5 Å². The summed E-state index contributed by atoms with van der Waals surface area (Å²) in [6.07, 6.45) is 0.317. The van der Waals surface area contributed by atoms with Gasteiger partial charge < -0.3 is 15.0 Å². The Balaban J connectivity index is 1.86. The minimum Gasteiger partial charge on any atom is -0.491 e. The Kier molecular flexibility index (Phi) is 4.21. The van der Waals surface area contributed by atoms with Crippen molar-refractivity contribution in [3.63, 3.8) is 0 Å². The van der Waals surface area contributed by atoms with Crippen LogP contribution in [0.2, 0.25) is 5.02 Å². The van der Waals surface area contributed by atoms with Gasteiger partial charge in [-0.1, -0.05) is 11.6 Å². The third-order valence-corrected chi connectivity index (χ3v) is 3.88. The molecule has 0 aromatic heterocycles. The number of carbonyl (C=O) groups excluding carboxylic acids is 2. The number of nitrogens with one attached hydrogen (secondary N) is 1. The summed E-state index contributed by atoms with van der Waals surface area (Å²) in [7, 11) is 1.68. The van der Waals surface area contributed by atoms with E-state index in [4.69, 9.17) is 16.3 Å². The zero-order valence-corrected chi connectivity index (χ0v) is 13.3. The van der Waals surface area contributed by atoms with Gasteiger partial charge in [0, 0.05) is 23.3 Å². The van der Waals surface area contributed by atoms with Crippen molar-refractivity contribution < 1.29 is 14.3 Å². The lowest BCUT2D eigenvalue weighted by atomic mass is 10.1. The molecule has 3 rings (SSSR count). The molecular formula is C17H15ClN2O3. The fraction of sp³-hybridized carbons (Fsp3) is 0.176. The maximum Gasteiger partial charge on any atom is 0.255 e. The van der Waals surface area contributed by atoms with Gasteiger partial charge in [0.15, 0.2) is 0 Å². The van der Waals surface area contributed by atoms with E-state index in [1.54, 1.807) is 49.5 Å². The summed E-state index contributed by atoms with van der Waals surface area (Å²) < 4.78 is 5.55. The largest absolute Gasteiger partial charge is 0.491 e. The van der Waals surface area contributed by atoms with Crippen LogP contribution in [0.4, 0.5) is 11.4 Å². The quantitative estimate of drug-likeness (QED) is 0.918. The normalized spacial score (nSPS) is 13.8. The first kappa shape index (κ1) is 15.4. The van der Waals surface area contributed by atoms with Gasteiger partial charge in [0.1, 0.15) is 5.75 Å². The highest BCUT2D eigenvalue weighted by molar-refractivity contribution is 6.30. The van der Waals surface area contributed by atoms with Crippen molar-refractivity contribution in [1.29, 1.82) is 0 Å². The number of anilines is 2. The predicted octanol–water partition coefficient (Wildman–Crippen LogP) is 3.34. The molecule has 0 aliphatic carbocycles. The highest BCUT2D eigenvalue weighted by atomic mass is 35.5. The summed E-state index contributed by atoms with van der Waals surface area (Å²) in [5.74, 6) is 0.292. The molecule has 0 atom stereocenters. The fourth-order valence-electron chi connectivity index (χ4n) is 2.33. The standard InChI is InChI=1S/C17H15ClN2O3/c1-20-14-10-11(2-7-15(14)23-9-8-16(20)21)17(22)19-13-5-3-12(18)4-6-13/h2-7,10H,8-9H2,1H3,(H,19,22). The van der Waals surface area contributed by atoms with E-state index in [1.165, 1.54) is 4.90 Å². The first-order valence-electron chi connectivity index (χ1n) is 7.15. The maximum absolute atomic E-state index is 12.4. The first-order valence-corrected chi connectivity index (χ1v) is 7.53. The smallest absolute Gasteiger partial charge is 0.255 e. The third-order valence-electron chi connectivity index (χ3n) is 3.63. The molecule has 0 saturated heterocycles. The lowest BCUT2D eigenvalue weighted by Gasteiger charge is -2.17. The molecule has 1 heterocycles. The summed E-state index contributed by atoms with van der Waals surface area (Å²) in [6, 6.07) is 11.9. The number of nitrogens with zero attached hydrogens (tertiary/aromatic N) is 1. The van der Waals surface area contributed by atoms with Gasteiger partial charge in [-0.15, -0.1) is 0 Å². The molecule has 1 N–H and O–H groups in total. The number of ether oxygens (including phenoxy) is 1. The number of rotatable bonds is 2. The second kappa shape index (κ2) is 6.30. The third kappa shape index (κ3) is 3.29. The number of halogens is 1. The predicted molar refractivity (Wildman–Crippen MR) is 89.4 cm³/mol. The summed E-state index contributed by atoms with van der Waals surface area (Å²) in [4.78, 5) is 25.8. The van der Waals surface area contributed by atoms with Crippen LogP contribution in [0.1, 0.15) is 16.8 Å². The highest BCUT2D eigenvalue weighted by Gasteiger charge is 2.21. The summed E-state index contributed by atoms with van der Waals surface area (Å²) in [5, 5.41) is 3.39. The lowest BCUT2D eigenvalue weighted by molar-refractivity contribution is -0.118. The number of hydrogen-bond acceptors (Lipinski definition) is 3. The van der Waals surface area contributed by atoms with Gasteiger partial charge in [0.05, 0.1) is 18.7 Å².